The van der Waals surface area contributed by atoms with Gasteiger partial charge in [0.1, 0.15) is 12.0 Å². The molecule has 10 heteroatoms. The first-order valence-corrected chi connectivity index (χ1v) is 14.6. The zero-order valence-electron chi connectivity index (χ0n) is 23.0. The van der Waals surface area contributed by atoms with Crippen LogP contribution in [-0.2, 0) is 15.3 Å². The summed E-state index contributed by atoms with van der Waals surface area (Å²) >= 11 is 5.96. The Kier molecular flexibility index (Phi) is 7.85. The Morgan fingerprint density at radius 3 is 2.76 bits per heavy atom. The van der Waals surface area contributed by atoms with Crippen LogP contribution in [0.15, 0.2) is 60.4 Å². The smallest absolute Gasteiger partial charge is 0.328 e. The Hall–Kier alpha value is -3.27. The summed E-state index contributed by atoms with van der Waals surface area (Å²) in [5.41, 5.74) is 2.28. The number of hydrogen-bond donors (Lipinski definition) is 2. The molecule has 0 radical (unpaired) electrons. The topological polar surface area (TPSA) is 83.5 Å². The van der Waals surface area contributed by atoms with E-state index in [1.54, 1.807) is 25.1 Å². The van der Waals surface area contributed by atoms with Gasteiger partial charge in [0.25, 0.3) is 5.79 Å². The summed E-state index contributed by atoms with van der Waals surface area (Å²) in [6.45, 7) is 6.72. The van der Waals surface area contributed by atoms with Gasteiger partial charge in [-0.2, -0.15) is 0 Å². The van der Waals surface area contributed by atoms with Crippen LogP contribution in [0.4, 0.5) is 4.39 Å². The lowest BCUT2D eigenvalue weighted by atomic mass is 9.88. The Labute approximate surface area is 244 Å². The third kappa shape index (κ3) is 5.89. The summed E-state index contributed by atoms with van der Waals surface area (Å²) in [7, 11) is 0. The van der Waals surface area contributed by atoms with Crippen molar-refractivity contribution in [3.8, 4) is 11.5 Å². The molecule has 8 nitrogen and oxygen atoms in total. The fraction of sp³-hybridized carbons (Fsp3) is 0.452. The van der Waals surface area contributed by atoms with E-state index in [4.69, 9.17) is 30.9 Å². The first kappa shape index (κ1) is 27.9. The van der Waals surface area contributed by atoms with Crippen molar-refractivity contribution in [2.75, 3.05) is 39.4 Å². The van der Waals surface area contributed by atoms with E-state index in [2.05, 4.69) is 21.2 Å². The van der Waals surface area contributed by atoms with Crippen LogP contribution in [0.25, 0.3) is 0 Å². The number of rotatable bonds is 8. The maximum atomic E-state index is 14.8. The first-order valence-electron chi connectivity index (χ1n) is 14.2. The molecule has 0 bridgehead atoms. The Bertz CT molecular complexity index is 1360. The third-order valence-corrected chi connectivity index (χ3v) is 8.73. The number of piperidine rings is 1. The van der Waals surface area contributed by atoms with Crippen molar-refractivity contribution in [2.45, 2.75) is 44.1 Å². The molecular formula is C31H35ClFN3O5. The predicted octanol–water partition coefficient (Wildman–Crippen LogP) is 5.05. The molecule has 2 saturated heterocycles. The van der Waals surface area contributed by atoms with Gasteiger partial charge in [0, 0.05) is 55.4 Å². The minimum Gasteiger partial charge on any atom is -0.478 e. The van der Waals surface area contributed by atoms with Crippen LogP contribution < -0.4 is 14.8 Å². The van der Waals surface area contributed by atoms with Gasteiger partial charge in [-0.25, -0.2) is 9.18 Å². The highest BCUT2D eigenvalue weighted by Crippen LogP contribution is 2.49. The average molecular weight is 584 g/mol. The average Bonchev–Trinajstić information content (AvgIpc) is 3.67. The lowest BCUT2D eigenvalue weighted by Crippen LogP contribution is -2.49. The predicted molar refractivity (Wildman–Crippen MR) is 152 cm³/mol. The molecule has 218 valence electrons. The van der Waals surface area contributed by atoms with E-state index in [9.17, 15) is 9.18 Å². The highest BCUT2D eigenvalue weighted by Gasteiger charge is 2.43. The number of halogens is 2. The normalized spacial score (nSPS) is 26.5. The number of nitrogens with zero attached hydrogens (tertiary/aromatic N) is 2. The van der Waals surface area contributed by atoms with Gasteiger partial charge in [0.15, 0.2) is 11.5 Å². The van der Waals surface area contributed by atoms with E-state index in [-0.39, 0.29) is 12.1 Å². The van der Waals surface area contributed by atoms with Crippen molar-refractivity contribution in [2.24, 2.45) is 5.92 Å². The highest BCUT2D eigenvalue weighted by molar-refractivity contribution is 6.30. The summed E-state index contributed by atoms with van der Waals surface area (Å²) in [4.78, 5) is 15.9. The van der Waals surface area contributed by atoms with E-state index in [1.807, 2.05) is 18.3 Å². The number of nitrogens with one attached hydrogen (secondary N) is 1. The van der Waals surface area contributed by atoms with E-state index in [0.717, 1.165) is 69.9 Å². The Balaban J connectivity index is 1.10. The molecule has 2 fully saturated rings. The fourth-order valence-electron chi connectivity index (χ4n) is 6.33. The van der Waals surface area contributed by atoms with Gasteiger partial charge >= 0.3 is 5.97 Å². The quantitative estimate of drug-likeness (QED) is 0.418. The standard InChI is InChI=1S/C31H35ClFN3O5/c1-31(25-7-5-22(32)15-26(25)33)40-27-4-2-3-24(30(27)41-31)21-9-12-35(13-10-21)18-28-34-16-23(6-8-29(37)38)36(28)17-20-11-14-39-19-20/h2-8,15-16,20-21,28,34H,9-14,17-19H2,1H3,(H,37,38)/b8-6+/t20-,28?,31?/m1/s1. The molecule has 2 unspecified atom stereocenters. The van der Waals surface area contributed by atoms with Gasteiger partial charge in [-0.05, 0) is 68.6 Å². The molecule has 41 heavy (non-hydrogen) atoms. The van der Waals surface area contributed by atoms with Crippen molar-refractivity contribution in [3.63, 3.8) is 0 Å². The van der Waals surface area contributed by atoms with Crippen molar-refractivity contribution >= 4 is 17.6 Å². The molecule has 0 aliphatic carbocycles. The van der Waals surface area contributed by atoms with Crippen LogP contribution in [0.5, 0.6) is 11.5 Å². The molecule has 0 saturated carbocycles. The van der Waals surface area contributed by atoms with E-state index < -0.39 is 17.6 Å². The molecule has 4 heterocycles. The zero-order valence-corrected chi connectivity index (χ0v) is 23.8. The monoisotopic (exact) mass is 583 g/mol. The second-order valence-electron chi connectivity index (χ2n) is 11.3. The SMILES string of the molecule is CC1(c2ccc(Cl)cc2F)Oc2cccc(C3CCN(CC4NC=C(/C=C/C(=O)O)N4C[C@H]4CCOC4)CC3)c2O1. The molecule has 0 amide bonds. The number of carboxylic acid groups (broad SMARTS) is 1. The molecular weight excluding hydrogens is 549 g/mol. The summed E-state index contributed by atoms with van der Waals surface area (Å²) in [5, 5.41) is 12.9. The maximum Gasteiger partial charge on any atom is 0.328 e. The molecule has 3 atom stereocenters. The van der Waals surface area contributed by atoms with Gasteiger partial charge in [-0.3, -0.25) is 4.90 Å². The number of hydrogen-bond acceptors (Lipinski definition) is 7. The van der Waals surface area contributed by atoms with Crippen LogP contribution in [-0.4, -0.2) is 66.4 Å². The lowest BCUT2D eigenvalue weighted by Gasteiger charge is -2.37. The van der Waals surface area contributed by atoms with Crippen molar-refractivity contribution in [1.29, 1.82) is 0 Å². The molecule has 0 aromatic heterocycles. The van der Waals surface area contributed by atoms with Crippen molar-refractivity contribution in [3.05, 3.63) is 82.4 Å². The molecule has 2 aromatic rings. The third-order valence-electron chi connectivity index (χ3n) is 8.50. The second-order valence-corrected chi connectivity index (χ2v) is 11.8. The number of allylic oxidation sites excluding steroid dienone is 1. The van der Waals surface area contributed by atoms with Gasteiger partial charge in [-0.1, -0.05) is 23.7 Å². The summed E-state index contributed by atoms with van der Waals surface area (Å²) in [6, 6.07) is 10.4. The fourth-order valence-corrected chi connectivity index (χ4v) is 6.49. The van der Waals surface area contributed by atoms with Crippen molar-refractivity contribution in [1.82, 2.24) is 15.1 Å². The molecule has 4 aliphatic rings. The van der Waals surface area contributed by atoms with Gasteiger partial charge < -0.3 is 29.5 Å². The first-order chi connectivity index (χ1) is 19.8. The number of likely N-dealkylation sites (tertiary alicyclic amines) is 1. The number of aliphatic carboxylic acids is 1. The van der Waals surface area contributed by atoms with E-state index >= 15 is 0 Å². The van der Waals surface area contributed by atoms with Crippen LogP contribution in [0.3, 0.4) is 0 Å². The Morgan fingerprint density at radius 2 is 2.02 bits per heavy atom. The molecule has 0 spiro atoms. The number of ether oxygens (including phenoxy) is 3. The minimum atomic E-state index is -1.27. The number of para-hydroxylation sites is 1. The van der Waals surface area contributed by atoms with E-state index in [1.165, 1.54) is 12.1 Å². The largest absolute Gasteiger partial charge is 0.478 e. The van der Waals surface area contributed by atoms with Crippen molar-refractivity contribution < 1.29 is 28.5 Å². The molecule has 4 aliphatic heterocycles. The molecule has 2 N–H and O–H groups in total. The van der Waals surface area contributed by atoms with Gasteiger partial charge in [0.05, 0.1) is 17.9 Å². The summed E-state index contributed by atoms with van der Waals surface area (Å²) in [5.74, 6) is -0.664. The van der Waals surface area contributed by atoms with Crippen LogP contribution in [0.1, 0.15) is 43.2 Å². The van der Waals surface area contributed by atoms with Crippen LogP contribution >= 0.6 is 11.6 Å². The number of carboxylic acids is 1. The van der Waals surface area contributed by atoms with Crippen LogP contribution in [0, 0.1) is 11.7 Å². The van der Waals surface area contributed by atoms with Gasteiger partial charge in [0.2, 0.25) is 0 Å². The number of carbonyl (C=O) groups is 1. The van der Waals surface area contributed by atoms with Crippen LogP contribution in [0.2, 0.25) is 5.02 Å². The zero-order chi connectivity index (χ0) is 28.6. The second kappa shape index (κ2) is 11.5. The maximum absolute atomic E-state index is 14.8. The lowest BCUT2D eigenvalue weighted by molar-refractivity contribution is -0.131. The highest BCUT2D eigenvalue weighted by atomic mass is 35.5. The van der Waals surface area contributed by atoms with Gasteiger partial charge in [-0.15, -0.1) is 0 Å². The number of fused-ring (bicyclic) bond motifs is 1. The summed E-state index contributed by atoms with van der Waals surface area (Å²) < 4.78 is 32.9. The minimum absolute atomic E-state index is 0.0632. The van der Waals surface area contributed by atoms with E-state index in [0.29, 0.717) is 28.0 Å². The summed E-state index contributed by atoms with van der Waals surface area (Å²) in [6.07, 6.45) is 7.75. The molecule has 6 rings (SSSR count). The molecule has 2 aromatic carbocycles. The number of benzene rings is 2. The Morgan fingerprint density at radius 1 is 1.20 bits per heavy atom.